The Kier molecular flexibility index (Phi) is 5.83. The van der Waals surface area contributed by atoms with Crippen LogP contribution in [-0.4, -0.2) is 16.8 Å². The molecular formula is C12H17FN2OS. The highest BCUT2D eigenvalue weighted by molar-refractivity contribution is 7.98. The Morgan fingerprint density at radius 1 is 1.47 bits per heavy atom. The fourth-order valence-corrected chi connectivity index (χ4v) is 2.42. The van der Waals surface area contributed by atoms with Gasteiger partial charge in [0.25, 0.3) is 0 Å². The third kappa shape index (κ3) is 4.65. The molecule has 0 aromatic heterocycles. The molecule has 1 rings (SSSR count). The number of benzene rings is 1. The molecule has 0 atom stereocenters. The second-order valence-corrected chi connectivity index (χ2v) is 4.84. The van der Waals surface area contributed by atoms with Crippen molar-refractivity contribution >= 4 is 17.6 Å². The minimum Gasteiger partial charge on any atom is -0.409 e. The molecule has 0 amide bonds. The van der Waals surface area contributed by atoms with Gasteiger partial charge in [-0.3, -0.25) is 0 Å². The second-order valence-electron chi connectivity index (χ2n) is 3.74. The molecule has 0 saturated carbocycles. The van der Waals surface area contributed by atoms with Crippen LogP contribution in [0.2, 0.25) is 0 Å². The molecule has 0 bridgehead atoms. The van der Waals surface area contributed by atoms with E-state index in [0.717, 1.165) is 29.9 Å². The Balaban J connectivity index is 2.69. The van der Waals surface area contributed by atoms with Crippen molar-refractivity contribution < 1.29 is 9.60 Å². The molecule has 1 aromatic rings. The predicted molar refractivity (Wildman–Crippen MR) is 70.0 cm³/mol. The van der Waals surface area contributed by atoms with Crippen molar-refractivity contribution in [2.75, 3.05) is 5.75 Å². The highest BCUT2D eigenvalue weighted by atomic mass is 32.2. The van der Waals surface area contributed by atoms with Crippen LogP contribution in [0.5, 0.6) is 0 Å². The van der Waals surface area contributed by atoms with Crippen molar-refractivity contribution in [1.29, 1.82) is 0 Å². The Morgan fingerprint density at radius 3 is 2.88 bits per heavy atom. The summed E-state index contributed by atoms with van der Waals surface area (Å²) in [5.74, 6) is 1.37. The van der Waals surface area contributed by atoms with Gasteiger partial charge in [0.2, 0.25) is 0 Å². The molecule has 0 heterocycles. The van der Waals surface area contributed by atoms with E-state index in [1.807, 2.05) is 0 Å². The number of hydrogen-bond donors (Lipinski definition) is 2. The van der Waals surface area contributed by atoms with E-state index in [9.17, 15) is 4.39 Å². The first-order valence-electron chi connectivity index (χ1n) is 5.52. The minimum atomic E-state index is -0.361. The summed E-state index contributed by atoms with van der Waals surface area (Å²) in [6.45, 7) is 2.14. The molecule has 0 saturated heterocycles. The first-order chi connectivity index (χ1) is 8.17. The average Bonchev–Trinajstić information content (AvgIpc) is 2.33. The second kappa shape index (κ2) is 7.17. The SMILES string of the molecule is CCCCSCc1cc(F)cc(/C(N)=N/O)c1. The normalized spacial score (nSPS) is 11.8. The topological polar surface area (TPSA) is 58.6 Å². The van der Waals surface area contributed by atoms with Gasteiger partial charge < -0.3 is 10.9 Å². The van der Waals surface area contributed by atoms with Gasteiger partial charge in [0.1, 0.15) is 5.82 Å². The van der Waals surface area contributed by atoms with Crippen LogP contribution in [0.3, 0.4) is 0 Å². The van der Waals surface area contributed by atoms with Gasteiger partial charge >= 0.3 is 0 Å². The quantitative estimate of drug-likeness (QED) is 0.270. The monoisotopic (exact) mass is 256 g/mol. The highest BCUT2D eigenvalue weighted by Crippen LogP contribution is 2.17. The maximum atomic E-state index is 13.3. The third-order valence-electron chi connectivity index (χ3n) is 2.27. The molecule has 94 valence electrons. The van der Waals surface area contributed by atoms with Crippen LogP contribution in [-0.2, 0) is 5.75 Å². The zero-order valence-electron chi connectivity index (χ0n) is 9.82. The van der Waals surface area contributed by atoms with Gasteiger partial charge in [-0.15, -0.1) is 0 Å². The molecule has 1 aromatic carbocycles. The lowest BCUT2D eigenvalue weighted by molar-refractivity contribution is 0.318. The molecule has 5 heteroatoms. The lowest BCUT2D eigenvalue weighted by atomic mass is 10.1. The van der Waals surface area contributed by atoms with E-state index in [1.165, 1.54) is 12.1 Å². The Morgan fingerprint density at radius 2 is 2.24 bits per heavy atom. The van der Waals surface area contributed by atoms with Crippen molar-refractivity contribution in [1.82, 2.24) is 0 Å². The van der Waals surface area contributed by atoms with Crippen LogP contribution in [0.4, 0.5) is 4.39 Å². The predicted octanol–water partition coefficient (Wildman–Crippen LogP) is 2.95. The summed E-state index contributed by atoms with van der Waals surface area (Å²) in [7, 11) is 0. The number of thioether (sulfide) groups is 1. The number of amidine groups is 1. The van der Waals surface area contributed by atoms with Crippen LogP contribution in [0, 0.1) is 5.82 Å². The van der Waals surface area contributed by atoms with Gasteiger partial charge in [0.05, 0.1) is 0 Å². The van der Waals surface area contributed by atoms with Crippen molar-refractivity contribution in [2.24, 2.45) is 10.9 Å². The summed E-state index contributed by atoms with van der Waals surface area (Å²) in [5.41, 5.74) is 6.70. The summed E-state index contributed by atoms with van der Waals surface area (Å²) >= 11 is 1.76. The average molecular weight is 256 g/mol. The van der Waals surface area contributed by atoms with Crippen molar-refractivity contribution in [3.8, 4) is 0 Å². The van der Waals surface area contributed by atoms with Crippen LogP contribution < -0.4 is 5.73 Å². The summed E-state index contributed by atoms with van der Waals surface area (Å²) in [4.78, 5) is 0. The molecular weight excluding hydrogens is 239 g/mol. The zero-order chi connectivity index (χ0) is 12.7. The maximum Gasteiger partial charge on any atom is 0.170 e. The number of halogens is 1. The zero-order valence-corrected chi connectivity index (χ0v) is 10.6. The molecule has 0 aliphatic heterocycles. The summed E-state index contributed by atoms with van der Waals surface area (Å²) in [6, 6.07) is 4.49. The number of hydrogen-bond acceptors (Lipinski definition) is 3. The van der Waals surface area contributed by atoms with Gasteiger partial charge in [-0.2, -0.15) is 11.8 Å². The third-order valence-corrected chi connectivity index (χ3v) is 3.39. The summed E-state index contributed by atoms with van der Waals surface area (Å²) in [6.07, 6.45) is 2.32. The lowest BCUT2D eigenvalue weighted by Crippen LogP contribution is -2.13. The largest absolute Gasteiger partial charge is 0.409 e. The summed E-state index contributed by atoms with van der Waals surface area (Å²) < 4.78 is 13.3. The molecule has 0 radical (unpaired) electrons. The van der Waals surface area contributed by atoms with Crippen molar-refractivity contribution in [3.63, 3.8) is 0 Å². The van der Waals surface area contributed by atoms with E-state index in [1.54, 1.807) is 17.8 Å². The van der Waals surface area contributed by atoms with Gasteiger partial charge in [0, 0.05) is 11.3 Å². The number of nitrogens with zero attached hydrogens (tertiary/aromatic N) is 1. The van der Waals surface area contributed by atoms with Crippen LogP contribution in [0.15, 0.2) is 23.4 Å². The minimum absolute atomic E-state index is 0.0655. The van der Waals surface area contributed by atoms with E-state index >= 15 is 0 Å². The van der Waals surface area contributed by atoms with Gasteiger partial charge in [-0.1, -0.05) is 18.5 Å². The fourth-order valence-electron chi connectivity index (χ4n) is 1.38. The van der Waals surface area contributed by atoms with Crippen LogP contribution in [0.1, 0.15) is 30.9 Å². The number of oxime groups is 1. The van der Waals surface area contributed by atoms with E-state index in [2.05, 4.69) is 12.1 Å². The number of nitrogens with two attached hydrogens (primary N) is 1. The molecule has 0 aliphatic carbocycles. The van der Waals surface area contributed by atoms with Crippen molar-refractivity contribution in [2.45, 2.75) is 25.5 Å². The molecule has 3 N–H and O–H groups in total. The smallest absolute Gasteiger partial charge is 0.170 e. The van der Waals surface area contributed by atoms with Crippen LogP contribution >= 0.6 is 11.8 Å². The maximum absolute atomic E-state index is 13.3. The first kappa shape index (κ1) is 13.8. The number of rotatable bonds is 6. The van der Waals surface area contributed by atoms with E-state index in [0.29, 0.717) is 5.56 Å². The molecule has 0 fully saturated rings. The van der Waals surface area contributed by atoms with E-state index < -0.39 is 0 Å². The number of unbranched alkanes of at least 4 members (excludes halogenated alkanes) is 1. The Hall–Kier alpha value is -1.23. The lowest BCUT2D eigenvalue weighted by Gasteiger charge is -2.05. The molecule has 0 unspecified atom stereocenters. The molecule has 0 aliphatic rings. The van der Waals surface area contributed by atoms with Gasteiger partial charge in [-0.25, -0.2) is 4.39 Å². The standard InChI is InChI=1S/C12H17FN2OS/c1-2-3-4-17-8-9-5-10(12(14)15-16)7-11(13)6-9/h5-7,16H,2-4,8H2,1H3,(H2,14,15). The highest BCUT2D eigenvalue weighted by Gasteiger charge is 2.04. The molecule has 3 nitrogen and oxygen atoms in total. The Bertz CT molecular complexity index is 396. The fraction of sp³-hybridized carbons (Fsp3) is 0.417. The van der Waals surface area contributed by atoms with Gasteiger partial charge in [0.15, 0.2) is 5.84 Å². The van der Waals surface area contributed by atoms with Crippen molar-refractivity contribution in [3.05, 3.63) is 35.1 Å². The molecule has 0 spiro atoms. The van der Waals surface area contributed by atoms with E-state index in [4.69, 9.17) is 10.9 Å². The summed E-state index contributed by atoms with van der Waals surface area (Å²) in [5, 5.41) is 11.4. The molecule has 17 heavy (non-hydrogen) atoms. The first-order valence-corrected chi connectivity index (χ1v) is 6.68. The van der Waals surface area contributed by atoms with E-state index in [-0.39, 0.29) is 11.7 Å². The Labute approximate surface area is 105 Å². The van der Waals surface area contributed by atoms with Gasteiger partial charge in [-0.05, 0) is 35.9 Å². The van der Waals surface area contributed by atoms with Crippen LogP contribution in [0.25, 0.3) is 0 Å².